The Bertz CT molecular complexity index is 112. The number of rotatable bonds is 11. The molecule has 16 heavy (non-hydrogen) atoms. The molecule has 0 aromatic rings. The van der Waals surface area contributed by atoms with E-state index in [9.17, 15) is 0 Å². The molecule has 0 nitrogen and oxygen atoms in total. The predicted octanol–water partition coefficient (Wildman–Crippen LogP) is 6.20. The van der Waals surface area contributed by atoms with Gasteiger partial charge in [-0.15, -0.1) is 0 Å². The first-order valence-electron chi connectivity index (χ1n) is 7.72. The van der Waals surface area contributed by atoms with Gasteiger partial charge in [-0.1, -0.05) is 91.9 Å². The zero-order chi connectivity index (χ0) is 12.2. The lowest BCUT2D eigenvalue weighted by molar-refractivity contribution is 0.323. The molecule has 0 saturated carbocycles. The van der Waals surface area contributed by atoms with Gasteiger partial charge in [-0.05, 0) is 11.8 Å². The first-order valence-corrected chi connectivity index (χ1v) is 7.72. The molecule has 0 aromatic carbocycles. The summed E-state index contributed by atoms with van der Waals surface area (Å²) in [7, 11) is 0. The summed E-state index contributed by atoms with van der Waals surface area (Å²) in [6, 6.07) is 0. The Morgan fingerprint density at radius 1 is 0.562 bits per heavy atom. The van der Waals surface area contributed by atoms with Gasteiger partial charge in [-0.2, -0.15) is 0 Å². The molecular formula is C16H34. The van der Waals surface area contributed by atoms with Crippen LogP contribution in [0, 0.1) is 11.8 Å². The molecule has 98 valence electrons. The van der Waals surface area contributed by atoms with E-state index in [-0.39, 0.29) is 0 Å². The van der Waals surface area contributed by atoms with E-state index < -0.39 is 0 Å². The standard InChI is InChI=1S/C16H34/c1-5-7-9-11-13-15(3)16(4)14-12-10-8-6-2/h15-16H,5-14H2,1-4H3/t15-,16+. The Morgan fingerprint density at radius 2 is 0.938 bits per heavy atom. The van der Waals surface area contributed by atoms with Gasteiger partial charge < -0.3 is 0 Å². The van der Waals surface area contributed by atoms with Gasteiger partial charge in [0.15, 0.2) is 0 Å². The number of hydrogen-bond acceptors (Lipinski definition) is 0. The minimum absolute atomic E-state index is 0.943. The van der Waals surface area contributed by atoms with Crippen LogP contribution in [0.2, 0.25) is 0 Å². The smallest absolute Gasteiger partial charge is 0.0417 e. The lowest BCUT2D eigenvalue weighted by Crippen LogP contribution is -2.08. The summed E-state index contributed by atoms with van der Waals surface area (Å²) < 4.78 is 0. The third-order valence-electron chi connectivity index (χ3n) is 4.00. The summed E-state index contributed by atoms with van der Waals surface area (Å²) in [6.45, 7) is 9.49. The monoisotopic (exact) mass is 226 g/mol. The third-order valence-corrected chi connectivity index (χ3v) is 4.00. The molecule has 0 aliphatic carbocycles. The summed E-state index contributed by atoms with van der Waals surface area (Å²) in [5, 5.41) is 0. The highest BCUT2D eigenvalue weighted by atomic mass is 14.2. The van der Waals surface area contributed by atoms with E-state index in [1.807, 2.05) is 0 Å². The van der Waals surface area contributed by atoms with Crippen LogP contribution in [-0.2, 0) is 0 Å². The molecule has 0 heteroatoms. The van der Waals surface area contributed by atoms with Crippen molar-refractivity contribution in [1.29, 1.82) is 0 Å². The predicted molar refractivity (Wildman–Crippen MR) is 75.8 cm³/mol. The van der Waals surface area contributed by atoms with Crippen molar-refractivity contribution >= 4 is 0 Å². The van der Waals surface area contributed by atoms with Crippen molar-refractivity contribution in [2.75, 3.05) is 0 Å². The maximum Gasteiger partial charge on any atom is -0.0417 e. The quantitative estimate of drug-likeness (QED) is 0.368. The minimum atomic E-state index is 0.943. The van der Waals surface area contributed by atoms with E-state index in [1.165, 1.54) is 64.2 Å². The zero-order valence-electron chi connectivity index (χ0n) is 12.2. The lowest BCUT2D eigenvalue weighted by Gasteiger charge is -2.19. The van der Waals surface area contributed by atoms with Gasteiger partial charge in [0.05, 0.1) is 0 Å². The second-order valence-corrected chi connectivity index (χ2v) is 5.65. The average Bonchev–Trinajstić information content (AvgIpc) is 2.29. The van der Waals surface area contributed by atoms with Gasteiger partial charge in [0.1, 0.15) is 0 Å². The zero-order valence-corrected chi connectivity index (χ0v) is 12.2. The number of unbranched alkanes of at least 4 members (excludes halogenated alkanes) is 6. The number of hydrogen-bond donors (Lipinski definition) is 0. The largest absolute Gasteiger partial charge is 0.0654 e. The molecule has 0 unspecified atom stereocenters. The summed E-state index contributed by atoms with van der Waals surface area (Å²) >= 11 is 0. The van der Waals surface area contributed by atoms with Crippen molar-refractivity contribution in [3.8, 4) is 0 Å². The molecule has 0 N–H and O–H groups in total. The van der Waals surface area contributed by atoms with Crippen molar-refractivity contribution in [2.45, 2.75) is 91.9 Å². The van der Waals surface area contributed by atoms with Gasteiger partial charge in [0, 0.05) is 0 Å². The van der Waals surface area contributed by atoms with Crippen LogP contribution in [-0.4, -0.2) is 0 Å². The van der Waals surface area contributed by atoms with E-state index >= 15 is 0 Å². The van der Waals surface area contributed by atoms with Crippen molar-refractivity contribution in [3.05, 3.63) is 0 Å². The Balaban J connectivity index is 3.38. The highest BCUT2D eigenvalue weighted by Crippen LogP contribution is 2.23. The van der Waals surface area contributed by atoms with Crippen LogP contribution in [0.15, 0.2) is 0 Å². The fraction of sp³-hybridized carbons (Fsp3) is 1.00. The van der Waals surface area contributed by atoms with E-state index in [0.717, 1.165) is 11.8 Å². The van der Waals surface area contributed by atoms with Gasteiger partial charge in [0.2, 0.25) is 0 Å². The van der Waals surface area contributed by atoms with E-state index in [2.05, 4.69) is 27.7 Å². The molecule has 0 rings (SSSR count). The summed E-state index contributed by atoms with van der Waals surface area (Å²) in [5.74, 6) is 1.89. The first-order chi connectivity index (χ1) is 7.72. The lowest BCUT2D eigenvalue weighted by atomic mass is 9.87. The first kappa shape index (κ1) is 16.0. The molecule has 0 radical (unpaired) electrons. The molecule has 0 heterocycles. The van der Waals surface area contributed by atoms with Crippen LogP contribution in [0.3, 0.4) is 0 Å². The molecule has 0 aromatic heterocycles. The summed E-state index contributed by atoms with van der Waals surface area (Å²) in [6.07, 6.45) is 14.3. The topological polar surface area (TPSA) is 0 Å². The maximum absolute atomic E-state index is 2.45. The molecule has 0 aliphatic rings. The van der Waals surface area contributed by atoms with Crippen LogP contribution in [0.25, 0.3) is 0 Å². The Morgan fingerprint density at radius 3 is 1.25 bits per heavy atom. The van der Waals surface area contributed by atoms with Crippen LogP contribution in [0.1, 0.15) is 91.9 Å². The van der Waals surface area contributed by atoms with Crippen molar-refractivity contribution in [2.24, 2.45) is 11.8 Å². The maximum atomic E-state index is 2.45. The van der Waals surface area contributed by atoms with Crippen molar-refractivity contribution < 1.29 is 0 Å². The van der Waals surface area contributed by atoms with E-state index in [4.69, 9.17) is 0 Å². The minimum Gasteiger partial charge on any atom is -0.0654 e. The van der Waals surface area contributed by atoms with Gasteiger partial charge in [-0.25, -0.2) is 0 Å². The molecule has 0 spiro atoms. The molecule has 0 aliphatic heterocycles. The van der Waals surface area contributed by atoms with Crippen molar-refractivity contribution in [3.63, 3.8) is 0 Å². The van der Waals surface area contributed by atoms with Gasteiger partial charge in [0.25, 0.3) is 0 Å². The Hall–Kier alpha value is 0. The molecule has 0 amide bonds. The van der Waals surface area contributed by atoms with Crippen LogP contribution >= 0.6 is 0 Å². The van der Waals surface area contributed by atoms with E-state index in [0.29, 0.717) is 0 Å². The highest BCUT2D eigenvalue weighted by Gasteiger charge is 2.11. The summed E-state index contributed by atoms with van der Waals surface area (Å²) in [5.41, 5.74) is 0. The normalized spacial score (nSPS) is 15.0. The average molecular weight is 226 g/mol. The third kappa shape index (κ3) is 9.24. The molecule has 0 bridgehead atoms. The van der Waals surface area contributed by atoms with Gasteiger partial charge in [-0.3, -0.25) is 0 Å². The molecular weight excluding hydrogens is 192 g/mol. The van der Waals surface area contributed by atoms with E-state index in [1.54, 1.807) is 0 Å². The molecule has 0 saturated heterocycles. The molecule has 0 fully saturated rings. The van der Waals surface area contributed by atoms with Crippen molar-refractivity contribution in [1.82, 2.24) is 0 Å². The van der Waals surface area contributed by atoms with Crippen LogP contribution in [0.4, 0.5) is 0 Å². The fourth-order valence-corrected chi connectivity index (χ4v) is 2.36. The van der Waals surface area contributed by atoms with Crippen LogP contribution < -0.4 is 0 Å². The van der Waals surface area contributed by atoms with Gasteiger partial charge >= 0.3 is 0 Å². The second-order valence-electron chi connectivity index (χ2n) is 5.65. The SMILES string of the molecule is CCCCCC[C@@H](C)[C@@H](C)CCCCCC. The Labute approximate surface area is 104 Å². The fourth-order valence-electron chi connectivity index (χ4n) is 2.36. The second kappa shape index (κ2) is 11.5. The summed E-state index contributed by atoms with van der Waals surface area (Å²) in [4.78, 5) is 0. The Kier molecular flexibility index (Phi) is 11.5. The van der Waals surface area contributed by atoms with Crippen LogP contribution in [0.5, 0.6) is 0 Å². The highest BCUT2D eigenvalue weighted by molar-refractivity contribution is 4.62. The molecule has 2 atom stereocenters.